The van der Waals surface area contributed by atoms with Crippen molar-refractivity contribution in [1.82, 2.24) is 10.2 Å². The van der Waals surface area contributed by atoms with Crippen molar-refractivity contribution >= 4 is 17.5 Å². The van der Waals surface area contributed by atoms with Gasteiger partial charge in [0.15, 0.2) is 0 Å². The summed E-state index contributed by atoms with van der Waals surface area (Å²) in [6, 6.07) is 5.35. The van der Waals surface area contributed by atoms with E-state index in [-0.39, 0.29) is 17.7 Å². The van der Waals surface area contributed by atoms with Crippen LogP contribution in [0.3, 0.4) is 0 Å². The second kappa shape index (κ2) is 5.59. The van der Waals surface area contributed by atoms with Crippen molar-refractivity contribution in [2.24, 2.45) is 0 Å². The monoisotopic (exact) mass is 268 g/mol. The van der Waals surface area contributed by atoms with Gasteiger partial charge in [0, 0.05) is 43.2 Å². The zero-order valence-electron chi connectivity index (χ0n) is 10.3. The highest BCUT2D eigenvalue weighted by molar-refractivity contribution is 6.31. The fourth-order valence-electron chi connectivity index (χ4n) is 2.31. The molecule has 4 nitrogen and oxygen atoms in total. The Morgan fingerprint density at radius 2 is 2.39 bits per heavy atom. The number of amides is 1. The van der Waals surface area contributed by atoms with Crippen molar-refractivity contribution in [3.8, 4) is 5.75 Å². The van der Waals surface area contributed by atoms with Crippen molar-refractivity contribution in [1.29, 1.82) is 0 Å². The average Bonchev–Trinajstić information content (AvgIpc) is 2.70. The Hall–Kier alpha value is -1.26. The Kier molecular flexibility index (Phi) is 4.09. The van der Waals surface area contributed by atoms with Gasteiger partial charge in [-0.15, -0.1) is 0 Å². The zero-order chi connectivity index (χ0) is 13.1. The molecule has 0 aromatic heterocycles. The lowest BCUT2D eigenvalue weighted by Gasteiger charge is -2.17. The second-order valence-corrected chi connectivity index (χ2v) is 5.07. The lowest BCUT2D eigenvalue weighted by molar-refractivity contribution is -0.119. The third-order valence-electron chi connectivity index (χ3n) is 3.16. The maximum Gasteiger partial charge on any atom is 0.217 e. The molecule has 0 radical (unpaired) electrons. The van der Waals surface area contributed by atoms with Crippen LogP contribution in [0.1, 0.15) is 18.9 Å². The van der Waals surface area contributed by atoms with Gasteiger partial charge in [-0.05, 0) is 18.6 Å². The largest absolute Gasteiger partial charge is 0.508 e. The molecule has 0 spiro atoms. The molecule has 0 bridgehead atoms. The summed E-state index contributed by atoms with van der Waals surface area (Å²) in [7, 11) is 0. The maximum absolute atomic E-state index is 11.0. The first kappa shape index (κ1) is 13.2. The first-order valence-corrected chi connectivity index (χ1v) is 6.40. The van der Waals surface area contributed by atoms with E-state index in [1.54, 1.807) is 18.2 Å². The number of hydrogen-bond acceptors (Lipinski definition) is 3. The minimum atomic E-state index is 0.00226. The molecule has 1 aliphatic heterocycles. The van der Waals surface area contributed by atoms with Gasteiger partial charge in [0.1, 0.15) is 5.75 Å². The van der Waals surface area contributed by atoms with E-state index in [2.05, 4.69) is 10.2 Å². The Bertz CT molecular complexity index is 430. The Morgan fingerprint density at radius 3 is 3.06 bits per heavy atom. The molecule has 1 saturated heterocycles. The van der Waals surface area contributed by atoms with E-state index >= 15 is 0 Å². The van der Waals surface area contributed by atoms with Gasteiger partial charge in [-0.2, -0.15) is 0 Å². The van der Waals surface area contributed by atoms with Gasteiger partial charge >= 0.3 is 0 Å². The number of aromatic hydroxyl groups is 1. The number of carbonyl (C=O) groups is 1. The lowest BCUT2D eigenvalue weighted by Crippen LogP contribution is -2.35. The van der Waals surface area contributed by atoms with Gasteiger partial charge in [0.2, 0.25) is 5.91 Å². The van der Waals surface area contributed by atoms with E-state index < -0.39 is 0 Å². The Balaban J connectivity index is 1.97. The third kappa shape index (κ3) is 3.15. The summed E-state index contributed by atoms with van der Waals surface area (Å²) in [6.45, 7) is 3.84. The molecule has 18 heavy (non-hydrogen) atoms. The van der Waals surface area contributed by atoms with Crippen LogP contribution >= 0.6 is 11.6 Å². The number of likely N-dealkylation sites (tertiary alicyclic amines) is 1. The van der Waals surface area contributed by atoms with E-state index in [0.717, 1.165) is 25.1 Å². The highest BCUT2D eigenvalue weighted by atomic mass is 35.5. The van der Waals surface area contributed by atoms with Gasteiger partial charge in [-0.3, -0.25) is 9.69 Å². The Morgan fingerprint density at radius 1 is 1.61 bits per heavy atom. The number of hydrogen-bond donors (Lipinski definition) is 2. The van der Waals surface area contributed by atoms with Crippen LogP contribution in [0.15, 0.2) is 18.2 Å². The molecule has 2 N–H and O–H groups in total. The molecule has 1 atom stereocenters. The SMILES string of the molecule is CC(=O)NC1CCN(Cc2c(O)cccc2Cl)C1. The first-order chi connectivity index (χ1) is 8.56. The zero-order valence-corrected chi connectivity index (χ0v) is 11.1. The number of phenols is 1. The molecule has 0 aliphatic carbocycles. The normalized spacial score (nSPS) is 20.0. The molecule has 1 unspecified atom stereocenters. The Labute approximate surface area is 112 Å². The first-order valence-electron chi connectivity index (χ1n) is 6.02. The fourth-order valence-corrected chi connectivity index (χ4v) is 2.54. The standard InChI is InChI=1S/C13H17ClN2O2/c1-9(17)15-10-5-6-16(7-10)8-11-12(14)3-2-4-13(11)18/h2-4,10,18H,5-8H2,1H3,(H,15,17). The lowest BCUT2D eigenvalue weighted by atomic mass is 10.2. The molecule has 1 amide bonds. The van der Waals surface area contributed by atoms with Crippen LogP contribution in [0, 0.1) is 0 Å². The van der Waals surface area contributed by atoms with Crippen molar-refractivity contribution in [3.05, 3.63) is 28.8 Å². The van der Waals surface area contributed by atoms with Gasteiger partial charge in [0.25, 0.3) is 0 Å². The number of rotatable bonds is 3. The predicted molar refractivity (Wildman–Crippen MR) is 70.6 cm³/mol. The quantitative estimate of drug-likeness (QED) is 0.878. The summed E-state index contributed by atoms with van der Waals surface area (Å²) in [5, 5.41) is 13.3. The van der Waals surface area contributed by atoms with E-state index in [1.165, 1.54) is 6.92 Å². The maximum atomic E-state index is 11.0. The number of benzene rings is 1. The molecule has 2 rings (SSSR count). The van der Waals surface area contributed by atoms with E-state index in [9.17, 15) is 9.90 Å². The van der Waals surface area contributed by atoms with Crippen LogP contribution in [-0.4, -0.2) is 35.0 Å². The number of phenolic OH excluding ortho intramolecular Hbond substituents is 1. The molecule has 98 valence electrons. The second-order valence-electron chi connectivity index (χ2n) is 4.66. The fraction of sp³-hybridized carbons (Fsp3) is 0.462. The average molecular weight is 269 g/mol. The highest BCUT2D eigenvalue weighted by Crippen LogP contribution is 2.27. The van der Waals surface area contributed by atoms with Crippen molar-refractivity contribution in [3.63, 3.8) is 0 Å². The molecule has 1 aliphatic rings. The minimum Gasteiger partial charge on any atom is -0.508 e. The van der Waals surface area contributed by atoms with Crippen LogP contribution in [0.2, 0.25) is 5.02 Å². The summed E-state index contributed by atoms with van der Waals surface area (Å²) < 4.78 is 0. The minimum absolute atomic E-state index is 0.00226. The van der Waals surface area contributed by atoms with E-state index in [4.69, 9.17) is 11.6 Å². The smallest absolute Gasteiger partial charge is 0.217 e. The van der Waals surface area contributed by atoms with Crippen molar-refractivity contribution in [2.75, 3.05) is 13.1 Å². The number of nitrogens with one attached hydrogen (secondary N) is 1. The highest BCUT2D eigenvalue weighted by Gasteiger charge is 2.24. The number of nitrogens with zero attached hydrogens (tertiary/aromatic N) is 1. The molecule has 0 saturated carbocycles. The molecule has 1 fully saturated rings. The van der Waals surface area contributed by atoms with Crippen LogP contribution in [-0.2, 0) is 11.3 Å². The van der Waals surface area contributed by atoms with Crippen molar-refractivity contribution in [2.45, 2.75) is 25.9 Å². The molecule has 1 aromatic rings. The number of carbonyl (C=O) groups excluding carboxylic acids is 1. The van der Waals surface area contributed by atoms with Gasteiger partial charge in [-0.25, -0.2) is 0 Å². The third-order valence-corrected chi connectivity index (χ3v) is 3.51. The van der Waals surface area contributed by atoms with Gasteiger partial charge in [-0.1, -0.05) is 17.7 Å². The summed E-state index contributed by atoms with van der Waals surface area (Å²) in [6.07, 6.45) is 0.935. The number of halogens is 1. The summed E-state index contributed by atoms with van der Waals surface area (Å²) in [4.78, 5) is 13.2. The summed E-state index contributed by atoms with van der Waals surface area (Å²) >= 11 is 6.07. The summed E-state index contributed by atoms with van der Waals surface area (Å²) in [5.74, 6) is 0.230. The van der Waals surface area contributed by atoms with Crippen LogP contribution < -0.4 is 5.32 Å². The molecule has 1 heterocycles. The van der Waals surface area contributed by atoms with E-state index in [1.807, 2.05) is 0 Å². The molecular weight excluding hydrogens is 252 g/mol. The predicted octanol–water partition coefficient (Wildman–Crippen LogP) is 1.76. The van der Waals surface area contributed by atoms with Crippen LogP contribution in [0.25, 0.3) is 0 Å². The summed E-state index contributed by atoms with van der Waals surface area (Å²) in [5.41, 5.74) is 0.752. The van der Waals surface area contributed by atoms with Gasteiger partial charge < -0.3 is 10.4 Å². The van der Waals surface area contributed by atoms with E-state index in [0.29, 0.717) is 11.6 Å². The molecular formula is C13H17ClN2O2. The molecule has 5 heteroatoms. The van der Waals surface area contributed by atoms with Crippen molar-refractivity contribution < 1.29 is 9.90 Å². The van der Waals surface area contributed by atoms with Gasteiger partial charge in [0.05, 0.1) is 0 Å². The molecule has 1 aromatic carbocycles. The topological polar surface area (TPSA) is 52.6 Å². The van der Waals surface area contributed by atoms with Crippen LogP contribution in [0.5, 0.6) is 5.75 Å². The van der Waals surface area contributed by atoms with Crippen LogP contribution in [0.4, 0.5) is 0 Å².